The van der Waals surface area contributed by atoms with Crippen LogP contribution in [-0.4, -0.2) is 11.8 Å². The molecular weight excluding hydrogens is 240 g/mol. The Bertz CT molecular complexity index is 631. The Morgan fingerprint density at radius 1 is 1.21 bits per heavy atom. The van der Waals surface area contributed by atoms with Gasteiger partial charge in [0.15, 0.2) is 0 Å². The molecule has 1 heterocycles. The van der Waals surface area contributed by atoms with Crippen LogP contribution in [0.4, 0.5) is 5.69 Å². The minimum Gasteiger partial charge on any atom is -0.274 e. The van der Waals surface area contributed by atoms with Crippen molar-refractivity contribution in [2.75, 3.05) is 4.90 Å². The maximum Gasteiger partial charge on any atom is 0.238 e. The lowest BCUT2D eigenvalue weighted by atomic mass is 10.0. The van der Waals surface area contributed by atoms with E-state index < -0.39 is 0 Å². The van der Waals surface area contributed by atoms with E-state index in [1.54, 1.807) is 25.1 Å². The van der Waals surface area contributed by atoms with Crippen molar-refractivity contribution in [2.45, 2.75) is 20.8 Å². The Balaban J connectivity index is 2.08. The molecule has 0 aromatic heterocycles. The largest absolute Gasteiger partial charge is 0.274 e. The fourth-order valence-corrected chi connectivity index (χ4v) is 3.17. The first-order valence-electron chi connectivity index (χ1n) is 6.28. The second kappa shape index (κ2) is 3.45. The Labute approximate surface area is 111 Å². The number of nitriles is 1. The molecule has 2 unspecified atom stereocenters. The van der Waals surface area contributed by atoms with E-state index >= 15 is 0 Å². The van der Waals surface area contributed by atoms with Gasteiger partial charge in [0.1, 0.15) is 6.07 Å². The molecule has 1 aliphatic heterocycles. The Morgan fingerprint density at radius 3 is 2.32 bits per heavy atom. The number of nitrogens with zero attached hydrogens (tertiary/aromatic N) is 2. The van der Waals surface area contributed by atoms with E-state index in [0.717, 1.165) is 5.56 Å². The van der Waals surface area contributed by atoms with Crippen LogP contribution in [0.3, 0.4) is 0 Å². The number of benzene rings is 1. The molecule has 0 radical (unpaired) electrons. The van der Waals surface area contributed by atoms with Gasteiger partial charge in [-0.15, -0.1) is 0 Å². The minimum atomic E-state index is -0.221. The van der Waals surface area contributed by atoms with Gasteiger partial charge in [0.05, 0.1) is 23.1 Å². The molecule has 0 spiro atoms. The predicted molar refractivity (Wildman–Crippen MR) is 69.1 cm³/mol. The number of hydrogen-bond donors (Lipinski definition) is 0. The van der Waals surface area contributed by atoms with Crippen LogP contribution in [-0.2, 0) is 9.59 Å². The normalized spacial score (nSPS) is 27.2. The number of anilines is 1. The second-order valence-electron chi connectivity index (χ2n) is 5.87. The SMILES string of the molecule is Cc1cccc(N2C(=O)C3C(C2=O)C3(C)C)c1C#N. The average molecular weight is 254 g/mol. The Morgan fingerprint density at radius 2 is 1.79 bits per heavy atom. The lowest BCUT2D eigenvalue weighted by molar-refractivity contribution is -0.125. The topological polar surface area (TPSA) is 61.2 Å². The van der Waals surface area contributed by atoms with Crippen LogP contribution in [0.2, 0.25) is 0 Å². The summed E-state index contributed by atoms with van der Waals surface area (Å²) in [5, 5.41) is 9.21. The first-order chi connectivity index (χ1) is 8.91. The number of piperidine rings is 1. The molecule has 2 fully saturated rings. The van der Waals surface area contributed by atoms with E-state index in [4.69, 9.17) is 0 Å². The van der Waals surface area contributed by atoms with Crippen molar-refractivity contribution in [3.05, 3.63) is 29.3 Å². The molecule has 1 aromatic rings. The van der Waals surface area contributed by atoms with Gasteiger partial charge in [-0.1, -0.05) is 26.0 Å². The van der Waals surface area contributed by atoms with Gasteiger partial charge >= 0.3 is 0 Å². The summed E-state index contributed by atoms with van der Waals surface area (Å²) < 4.78 is 0. The smallest absolute Gasteiger partial charge is 0.238 e. The summed E-state index contributed by atoms with van der Waals surface area (Å²) in [5.74, 6) is -0.761. The summed E-state index contributed by atoms with van der Waals surface area (Å²) in [6.07, 6.45) is 0. The zero-order valence-corrected chi connectivity index (χ0v) is 11.1. The molecule has 1 saturated heterocycles. The van der Waals surface area contributed by atoms with Crippen molar-refractivity contribution in [1.82, 2.24) is 0 Å². The number of imide groups is 1. The summed E-state index contributed by atoms with van der Waals surface area (Å²) in [4.78, 5) is 25.9. The fraction of sp³-hybridized carbons (Fsp3) is 0.400. The molecule has 0 bridgehead atoms. The lowest BCUT2D eigenvalue weighted by Crippen LogP contribution is -2.36. The third-order valence-corrected chi connectivity index (χ3v) is 4.40. The highest BCUT2D eigenvalue weighted by Crippen LogP contribution is 2.63. The molecule has 2 aliphatic rings. The highest BCUT2D eigenvalue weighted by Gasteiger charge is 2.72. The molecule has 1 saturated carbocycles. The molecule has 2 atom stereocenters. The fourth-order valence-electron chi connectivity index (χ4n) is 3.17. The summed E-state index contributed by atoms with van der Waals surface area (Å²) in [5.41, 5.74) is 1.39. The Kier molecular flexibility index (Phi) is 2.16. The van der Waals surface area contributed by atoms with Crippen molar-refractivity contribution in [3.8, 4) is 6.07 Å². The highest BCUT2D eigenvalue weighted by molar-refractivity contribution is 6.26. The van der Waals surface area contributed by atoms with Crippen LogP contribution >= 0.6 is 0 Å². The van der Waals surface area contributed by atoms with Gasteiger partial charge in [-0.05, 0) is 24.0 Å². The molecule has 96 valence electrons. The van der Waals surface area contributed by atoms with E-state index in [9.17, 15) is 14.9 Å². The third kappa shape index (κ3) is 1.33. The molecule has 0 N–H and O–H groups in total. The first-order valence-corrected chi connectivity index (χ1v) is 6.28. The van der Waals surface area contributed by atoms with Gasteiger partial charge in [0, 0.05) is 0 Å². The van der Waals surface area contributed by atoms with Crippen molar-refractivity contribution < 1.29 is 9.59 Å². The van der Waals surface area contributed by atoms with E-state index in [0.29, 0.717) is 11.3 Å². The monoisotopic (exact) mass is 254 g/mol. The zero-order valence-electron chi connectivity index (χ0n) is 11.1. The van der Waals surface area contributed by atoms with Crippen LogP contribution < -0.4 is 4.90 Å². The molecular formula is C15H14N2O2. The van der Waals surface area contributed by atoms with Gasteiger partial charge in [-0.3, -0.25) is 9.59 Å². The standard InChI is InChI=1S/C15H14N2O2/c1-8-5-4-6-10(9(8)7-16)17-13(18)11-12(14(17)19)15(11,2)3/h4-6,11-12H,1-3H3. The van der Waals surface area contributed by atoms with Crippen LogP contribution in [0.5, 0.6) is 0 Å². The summed E-state index contributed by atoms with van der Waals surface area (Å²) in [6, 6.07) is 7.32. The van der Waals surface area contributed by atoms with Gasteiger partial charge in [0.25, 0.3) is 0 Å². The van der Waals surface area contributed by atoms with E-state index in [-0.39, 0.29) is 29.1 Å². The van der Waals surface area contributed by atoms with Crippen molar-refractivity contribution in [2.24, 2.45) is 17.3 Å². The van der Waals surface area contributed by atoms with E-state index in [2.05, 4.69) is 6.07 Å². The number of fused-ring (bicyclic) bond motifs is 1. The number of hydrogen-bond acceptors (Lipinski definition) is 3. The van der Waals surface area contributed by atoms with Crippen LogP contribution in [0.1, 0.15) is 25.0 Å². The number of rotatable bonds is 1. The molecule has 3 rings (SSSR count). The molecule has 19 heavy (non-hydrogen) atoms. The van der Waals surface area contributed by atoms with Crippen LogP contribution in [0.15, 0.2) is 18.2 Å². The summed E-state index contributed by atoms with van der Waals surface area (Å²) in [7, 11) is 0. The maximum absolute atomic E-state index is 12.3. The highest BCUT2D eigenvalue weighted by atomic mass is 16.2. The van der Waals surface area contributed by atoms with Crippen LogP contribution in [0.25, 0.3) is 0 Å². The number of carbonyl (C=O) groups is 2. The molecule has 1 aliphatic carbocycles. The van der Waals surface area contributed by atoms with Crippen molar-refractivity contribution in [1.29, 1.82) is 5.26 Å². The minimum absolute atomic E-state index is 0.165. The number of carbonyl (C=O) groups excluding carboxylic acids is 2. The molecule has 4 nitrogen and oxygen atoms in total. The summed E-state index contributed by atoms with van der Waals surface area (Å²) >= 11 is 0. The van der Waals surface area contributed by atoms with Crippen molar-refractivity contribution in [3.63, 3.8) is 0 Å². The van der Waals surface area contributed by atoms with Gasteiger partial charge in [0.2, 0.25) is 11.8 Å². The molecule has 1 aromatic carbocycles. The van der Waals surface area contributed by atoms with Crippen molar-refractivity contribution >= 4 is 17.5 Å². The average Bonchev–Trinajstić information content (AvgIpc) is 2.80. The molecule has 4 heteroatoms. The number of aryl methyl sites for hydroxylation is 1. The van der Waals surface area contributed by atoms with Gasteiger partial charge in [-0.25, -0.2) is 4.90 Å². The zero-order chi connectivity index (χ0) is 13.9. The van der Waals surface area contributed by atoms with Crippen LogP contribution in [0, 0.1) is 35.5 Å². The maximum atomic E-state index is 12.3. The van der Waals surface area contributed by atoms with E-state index in [1.165, 1.54) is 4.90 Å². The predicted octanol–water partition coefficient (Wildman–Crippen LogP) is 2.01. The van der Waals surface area contributed by atoms with Gasteiger partial charge < -0.3 is 0 Å². The summed E-state index contributed by atoms with van der Waals surface area (Å²) in [6.45, 7) is 5.69. The first kappa shape index (κ1) is 11.9. The lowest BCUT2D eigenvalue weighted by Gasteiger charge is -2.22. The second-order valence-corrected chi connectivity index (χ2v) is 5.87. The molecule has 2 amide bonds. The quantitative estimate of drug-likeness (QED) is 0.720. The van der Waals surface area contributed by atoms with E-state index in [1.807, 2.05) is 13.8 Å². The third-order valence-electron chi connectivity index (χ3n) is 4.40. The van der Waals surface area contributed by atoms with Gasteiger partial charge in [-0.2, -0.15) is 5.26 Å². The number of amides is 2. The Hall–Kier alpha value is -2.15.